The third kappa shape index (κ3) is 2.47. The SMILES string of the molecule is CC(=O)Nc1ccc(C(F)(F)F)c(F)c1F. The minimum atomic E-state index is -4.97. The topological polar surface area (TPSA) is 29.1 Å². The molecule has 1 aromatic rings. The van der Waals surface area contributed by atoms with E-state index in [1.807, 2.05) is 5.32 Å². The van der Waals surface area contributed by atoms with Crippen LogP contribution in [0.5, 0.6) is 0 Å². The largest absolute Gasteiger partial charge is 0.419 e. The van der Waals surface area contributed by atoms with Gasteiger partial charge in [-0.2, -0.15) is 13.2 Å². The summed E-state index contributed by atoms with van der Waals surface area (Å²) < 4.78 is 62.4. The van der Waals surface area contributed by atoms with Crippen molar-refractivity contribution in [2.45, 2.75) is 13.1 Å². The third-order valence-corrected chi connectivity index (χ3v) is 1.70. The summed E-state index contributed by atoms with van der Waals surface area (Å²) in [4.78, 5) is 10.5. The molecule has 2 nitrogen and oxygen atoms in total. The standard InChI is InChI=1S/C9H6F5NO/c1-4(16)15-6-3-2-5(9(12,13)14)7(10)8(6)11/h2-3H,1H3,(H,15,16). The molecule has 0 aromatic heterocycles. The van der Waals surface area contributed by atoms with Gasteiger partial charge in [-0.1, -0.05) is 0 Å². The molecule has 0 heterocycles. The fourth-order valence-electron chi connectivity index (χ4n) is 1.05. The molecule has 0 atom stereocenters. The van der Waals surface area contributed by atoms with Gasteiger partial charge in [0.1, 0.15) is 0 Å². The van der Waals surface area contributed by atoms with Gasteiger partial charge < -0.3 is 5.32 Å². The Labute approximate surface area is 87.1 Å². The van der Waals surface area contributed by atoms with Gasteiger partial charge in [-0.25, -0.2) is 8.78 Å². The summed E-state index contributed by atoms with van der Waals surface area (Å²) in [6.45, 7) is 1.02. The Morgan fingerprint density at radius 1 is 1.19 bits per heavy atom. The monoisotopic (exact) mass is 239 g/mol. The lowest BCUT2D eigenvalue weighted by molar-refractivity contribution is -0.140. The minimum absolute atomic E-state index is 0.365. The molecule has 16 heavy (non-hydrogen) atoms. The van der Waals surface area contributed by atoms with E-state index in [-0.39, 0.29) is 0 Å². The number of nitrogens with one attached hydrogen (secondary N) is 1. The average molecular weight is 239 g/mol. The summed E-state index contributed by atoms with van der Waals surface area (Å²) in [6, 6.07) is 1.02. The highest BCUT2D eigenvalue weighted by atomic mass is 19.4. The van der Waals surface area contributed by atoms with Gasteiger partial charge in [0.15, 0.2) is 11.6 Å². The maximum Gasteiger partial charge on any atom is 0.419 e. The molecule has 0 aliphatic rings. The normalized spacial score (nSPS) is 11.4. The minimum Gasteiger partial charge on any atom is -0.324 e. The van der Waals surface area contributed by atoms with Gasteiger partial charge in [-0.3, -0.25) is 4.79 Å². The molecule has 0 radical (unpaired) electrons. The quantitative estimate of drug-likeness (QED) is 0.750. The van der Waals surface area contributed by atoms with E-state index in [4.69, 9.17) is 0 Å². The van der Waals surface area contributed by atoms with Gasteiger partial charge in [0.2, 0.25) is 5.91 Å². The zero-order valence-corrected chi connectivity index (χ0v) is 7.95. The second kappa shape index (κ2) is 4.07. The Balaban J connectivity index is 3.24. The maximum absolute atomic E-state index is 13.1. The number of hydrogen-bond acceptors (Lipinski definition) is 1. The van der Waals surface area contributed by atoms with E-state index in [2.05, 4.69) is 0 Å². The van der Waals surface area contributed by atoms with Crippen LogP contribution in [0.4, 0.5) is 27.6 Å². The van der Waals surface area contributed by atoms with Crippen molar-refractivity contribution in [2.75, 3.05) is 5.32 Å². The number of benzene rings is 1. The fourth-order valence-corrected chi connectivity index (χ4v) is 1.05. The Bertz CT molecular complexity index is 427. The van der Waals surface area contributed by atoms with E-state index < -0.39 is 35.0 Å². The van der Waals surface area contributed by atoms with Crippen molar-refractivity contribution in [2.24, 2.45) is 0 Å². The Kier molecular flexibility index (Phi) is 3.16. The number of rotatable bonds is 1. The molecule has 1 rings (SSSR count). The van der Waals surface area contributed by atoms with Crippen LogP contribution < -0.4 is 5.32 Å². The average Bonchev–Trinajstić information content (AvgIpc) is 2.10. The second-order valence-corrected chi connectivity index (χ2v) is 2.97. The van der Waals surface area contributed by atoms with Gasteiger partial charge in [-0.05, 0) is 12.1 Å². The second-order valence-electron chi connectivity index (χ2n) is 2.97. The maximum atomic E-state index is 13.1. The molecule has 1 N–H and O–H groups in total. The number of amides is 1. The summed E-state index contributed by atoms with van der Waals surface area (Å²) in [5, 5.41) is 1.87. The van der Waals surface area contributed by atoms with Crippen molar-refractivity contribution < 1.29 is 26.7 Å². The Morgan fingerprint density at radius 2 is 1.75 bits per heavy atom. The lowest BCUT2D eigenvalue weighted by Crippen LogP contribution is -2.13. The molecule has 0 spiro atoms. The van der Waals surface area contributed by atoms with Crippen molar-refractivity contribution in [1.29, 1.82) is 0 Å². The Morgan fingerprint density at radius 3 is 2.19 bits per heavy atom. The van der Waals surface area contributed by atoms with Crippen LogP contribution in [0.25, 0.3) is 0 Å². The molecule has 0 fully saturated rings. The van der Waals surface area contributed by atoms with Crippen LogP contribution >= 0.6 is 0 Å². The lowest BCUT2D eigenvalue weighted by atomic mass is 10.1. The molecule has 1 aromatic carbocycles. The summed E-state index contributed by atoms with van der Waals surface area (Å²) >= 11 is 0. The first-order chi connectivity index (χ1) is 7.23. The number of carbonyl (C=O) groups is 1. The zero-order chi connectivity index (χ0) is 12.5. The molecule has 0 saturated heterocycles. The van der Waals surface area contributed by atoms with E-state index in [1.165, 1.54) is 0 Å². The van der Waals surface area contributed by atoms with Gasteiger partial charge in [0.25, 0.3) is 0 Å². The van der Waals surface area contributed by atoms with Crippen molar-refractivity contribution in [3.8, 4) is 0 Å². The first kappa shape index (κ1) is 12.4. The van der Waals surface area contributed by atoms with E-state index in [0.717, 1.165) is 6.92 Å². The Hall–Kier alpha value is -1.66. The van der Waals surface area contributed by atoms with Crippen molar-refractivity contribution >= 4 is 11.6 Å². The van der Waals surface area contributed by atoms with E-state index in [1.54, 1.807) is 0 Å². The summed E-state index contributed by atoms with van der Waals surface area (Å²) in [5.41, 5.74) is -2.34. The molecule has 0 bridgehead atoms. The van der Waals surface area contributed by atoms with Crippen LogP contribution in [-0.2, 0) is 11.0 Å². The van der Waals surface area contributed by atoms with E-state index in [9.17, 15) is 26.7 Å². The lowest BCUT2D eigenvalue weighted by Gasteiger charge is -2.10. The first-order valence-corrected chi connectivity index (χ1v) is 4.06. The van der Waals surface area contributed by atoms with Gasteiger partial charge in [-0.15, -0.1) is 0 Å². The number of halogens is 5. The molecule has 0 saturated carbocycles. The molecule has 0 aliphatic carbocycles. The van der Waals surface area contributed by atoms with Crippen LogP contribution in [-0.4, -0.2) is 5.91 Å². The van der Waals surface area contributed by atoms with Crippen molar-refractivity contribution in [1.82, 2.24) is 0 Å². The molecule has 1 amide bonds. The van der Waals surface area contributed by atoms with Gasteiger partial charge in [0, 0.05) is 6.92 Å². The molecule has 0 aliphatic heterocycles. The van der Waals surface area contributed by atoms with E-state index >= 15 is 0 Å². The number of anilines is 1. The number of hydrogen-bond donors (Lipinski definition) is 1. The molecular formula is C9H6F5NO. The number of alkyl halides is 3. The van der Waals surface area contributed by atoms with Gasteiger partial charge in [0.05, 0.1) is 11.3 Å². The highest BCUT2D eigenvalue weighted by Gasteiger charge is 2.36. The highest BCUT2D eigenvalue weighted by molar-refractivity contribution is 5.88. The fraction of sp³-hybridized carbons (Fsp3) is 0.222. The van der Waals surface area contributed by atoms with Crippen molar-refractivity contribution in [3.63, 3.8) is 0 Å². The summed E-state index contributed by atoms with van der Waals surface area (Å²) in [6.07, 6.45) is -4.97. The first-order valence-electron chi connectivity index (χ1n) is 4.06. The van der Waals surface area contributed by atoms with Crippen LogP contribution in [0.3, 0.4) is 0 Å². The predicted octanol–water partition coefficient (Wildman–Crippen LogP) is 2.94. The molecular weight excluding hydrogens is 233 g/mol. The molecule has 88 valence electrons. The summed E-state index contributed by atoms with van der Waals surface area (Å²) in [5.74, 6) is -4.47. The van der Waals surface area contributed by atoms with Crippen LogP contribution in [0.15, 0.2) is 12.1 Å². The number of carbonyl (C=O) groups excluding carboxylic acids is 1. The highest BCUT2D eigenvalue weighted by Crippen LogP contribution is 2.34. The molecule has 7 heteroatoms. The van der Waals surface area contributed by atoms with Crippen molar-refractivity contribution in [3.05, 3.63) is 29.3 Å². The summed E-state index contributed by atoms with van der Waals surface area (Å²) in [7, 11) is 0. The van der Waals surface area contributed by atoms with Gasteiger partial charge >= 0.3 is 6.18 Å². The zero-order valence-electron chi connectivity index (χ0n) is 7.95. The predicted molar refractivity (Wildman–Crippen MR) is 45.7 cm³/mol. The smallest absolute Gasteiger partial charge is 0.324 e. The van der Waals surface area contributed by atoms with Crippen LogP contribution in [0.2, 0.25) is 0 Å². The van der Waals surface area contributed by atoms with Crippen LogP contribution in [0, 0.1) is 11.6 Å². The van der Waals surface area contributed by atoms with Crippen LogP contribution in [0.1, 0.15) is 12.5 Å². The third-order valence-electron chi connectivity index (χ3n) is 1.70. The van der Waals surface area contributed by atoms with E-state index in [0.29, 0.717) is 12.1 Å². The molecule has 0 unspecified atom stereocenters.